The molecule has 0 unspecified atom stereocenters. The molecule has 0 aliphatic rings. The average Bonchev–Trinajstić information content (AvgIpc) is 2.52. The molecule has 64 valence electrons. The van der Waals surface area contributed by atoms with Crippen molar-refractivity contribution in [2.75, 3.05) is 0 Å². The number of aldehydes is 1. The fraction of sp³-hybridized carbons (Fsp3) is 0.333. The highest BCUT2D eigenvalue weighted by Gasteiger charge is 1.96. The number of nitrogens with zero attached hydrogens (tertiary/aromatic N) is 2. The van der Waals surface area contributed by atoms with E-state index in [0.717, 1.165) is 24.8 Å². The first-order valence-corrected chi connectivity index (χ1v) is 3.90. The van der Waals surface area contributed by atoms with Crippen LogP contribution in [0.25, 0.3) is 0 Å². The van der Waals surface area contributed by atoms with E-state index in [4.69, 9.17) is 0 Å². The molecule has 0 N–H and O–H groups in total. The minimum absolute atomic E-state index is 0.471. The van der Waals surface area contributed by atoms with Crippen LogP contribution in [0.15, 0.2) is 24.7 Å². The van der Waals surface area contributed by atoms with Crippen molar-refractivity contribution < 1.29 is 4.79 Å². The Balaban J connectivity index is 2.63. The maximum Gasteiger partial charge on any atom is 0.169 e. The van der Waals surface area contributed by atoms with E-state index in [0.29, 0.717) is 5.69 Å². The molecule has 0 atom stereocenters. The first-order chi connectivity index (χ1) is 5.76. The monoisotopic (exact) mass is 164 g/mol. The summed E-state index contributed by atoms with van der Waals surface area (Å²) in [5, 5.41) is 0. The van der Waals surface area contributed by atoms with Crippen molar-refractivity contribution in [2.24, 2.45) is 0 Å². The van der Waals surface area contributed by atoms with Crippen molar-refractivity contribution in [3.8, 4) is 0 Å². The van der Waals surface area contributed by atoms with E-state index >= 15 is 0 Å². The standard InChI is InChI=1S/C9H12N2O/c1-3-8(2)4-11-5-9(6-12)10-7-11/h5-7H,2-4H2,1H3. The second kappa shape index (κ2) is 3.85. The lowest BCUT2D eigenvalue weighted by molar-refractivity contribution is 0.111. The largest absolute Gasteiger partial charge is 0.333 e. The summed E-state index contributed by atoms with van der Waals surface area (Å²) in [5.74, 6) is 0. The van der Waals surface area contributed by atoms with Gasteiger partial charge < -0.3 is 4.57 Å². The third-order valence-corrected chi connectivity index (χ3v) is 1.68. The number of hydrogen-bond acceptors (Lipinski definition) is 2. The summed E-state index contributed by atoms with van der Waals surface area (Å²) in [5.41, 5.74) is 1.60. The zero-order valence-corrected chi connectivity index (χ0v) is 7.16. The number of aromatic nitrogens is 2. The summed E-state index contributed by atoms with van der Waals surface area (Å²) in [6.45, 7) is 6.67. The number of allylic oxidation sites excluding steroid dienone is 1. The number of rotatable bonds is 4. The number of carbonyl (C=O) groups excluding carboxylic acids is 1. The SMILES string of the molecule is C=C(CC)Cn1cnc(C=O)c1. The fourth-order valence-electron chi connectivity index (χ4n) is 0.895. The lowest BCUT2D eigenvalue weighted by Crippen LogP contribution is -1.95. The van der Waals surface area contributed by atoms with Gasteiger partial charge in [0.2, 0.25) is 0 Å². The van der Waals surface area contributed by atoms with Gasteiger partial charge in [-0.05, 0) is 6.42 Å². The zero-order chi connectivity index (χ0) is 8.97. The summed E-state index contributed by atoms with van der Waals surface area (Å²) >= 11 is 0. The highest BCUT2D eigenvalue weighted by Crippen LogP contribution is 2.02. The van der Waals surface area contributed by atoms with E-state index in [1.165, 1.54) is 0 Å². The van der Waals surface area contributed by atoms with Crippen LogP contribution < -0.4 is 0 Å². The second-order valence-corrected chi connectivity index (χ2v) is 2.69. The lowest BCUT2D eigenvalue weighted by Gasteiger charge is -2.01. The van der Waals surface area contributed by atoms with Gasteiger partial charge in [0.15, 0.2) is 6.29 Å². The van der Waals surface area contributed by atoms with E-state index in [9.17, 15) is 4.79 Å². The number of carbonyl (C=O) groups is 1. The summed E-state index contributed by atoms with van der Waals surface area (Å²) < 4.78 is 1.86. The molecule has 1 aromatic rings. The van der Waals surface area contributed by atoms with Gasteiger partial charge in [0.25, 0.3) is 0 Å². The number of imidazole rings is 1. The average molecular weight is 164 g/mol. The van der Waals surface area contributed by atoms with Crippen LogP contribution in [0.2, 0.25) is 0 Å². The predicted octanol–water partition coefficient (Wildman–Crippen LogP) is 1.66. The smallest absolute Gasteiger partial charge is 0.169 e. The van der Waals surface area contributed by atoms with Crippen LogP contribution >= 0.6 is 0 Å². The molecule has 1 rings (SSSR count). The van der Waals surface area contributed by atoms with E-state index < -0.39 is 0 Å². The van der Waals surface area contributed by atoms with Crippen LogP contribution in [0.1, 0.15) is 23.8 Å². The van der Waals surface area contributed by atoms with E-state index in [-0.39, 0.29) is 0 Å². The van der Waals surface area contributed by atoms with Crippen molar-refractivity contribution in [3.63, 3.8) is 0 Å². The molecule has 1 heterocycles. The van der Waals surface area contributed by atoms with Crippen molar-refractivity contribution in [1.82, 2.24) is 9.55 Å². The topological polar surface area (TPSA) is 34.9 Å². The van der Waals surface area contributed by atoms with Gasteiger partial charge in [-0.3, -0.25) is 4.79 Å². The first kappa shape index (κ1) is 8.71. The molecule has 0 amide bonds. The van der Waals surface area contributed by atoms with E-state index in [1.807, 2.05) is 4.57 Å². The Labute approximate surface area is 71.7 Å². The Morgan fingerprint density at radius 2 is 2.58 bits per heavy atom. The zero-order valence-electron chi connectivity index (χ0n) is 7.16. The molecule has 0 fully saturated rings. The van der Waals surface area contributed by atoms with Crippen LogP contribution in [0.3, 0.4) is 0 Å². The highest BCUT2D eigenvalue weighted by molar-refractivity contribution is 5.70. The highest BCUT2D eigenvalue weighted by atomic mass is 16.1. The van der Waals surface area contributed by atoms with Crippen LogP contribution in [0.4, 0.5) is 0 Å². The number of hydrogen-bond donors (Lipinski definition) is 0. The Kier molecular flexibility index (Phi) is 2.80. The van der Waals surface area contributed by atoms with Gasteiger partial charge >= 0.3 is 0 Å². The van der Waals surface area contributed by atoms with E-state index in [1.54, 1.807) is 12.5 Å². The summed E-state index contributed by atoms with van der Waals surface area (Å²) in [7, 11) is 0. The fourth-order valence-corrected chi connectivity index (χ4v) is 0.895. The van der Waals surface area contributed by atoms with Gasteiger partial charge in [-0.2, -0.15) is 0 Å². The van der Waals surface area contributed by atoms with Gasteiger partial charge in [0, 0.05) is 12.7 Å². The molecule has 3 nitrogen and oxygen atoms in total. The molecule has 3 heteroatoms. The molecular formula is C9H12N2O. The molecule has 1 aromatic heterocycles. The minimum Gasteiger partial charge on any atom is -0.333 e. The molecule has 0 saturated carbocycles. The molecule has 0 bridgehead atoms. The molecule has 0 aliphatic carbocycles. The third-order valence-electron chi connectivity index (χ3n) is 1.68. The van der Waals surface area contributed by atoms with Gasteiger partial charge in [-0.15, -0.1) is 0 Å². The third kappa shape index (κ3) is 2.05. The van der Waals surface area contributed by atoms with Gasteiger partial charge in [-0.25, -0.2) is 4.98 Å². The first-order valence-electron chi connectivity index (χ1n) is 3.90. The molecule has 0 spiro atoms. The quantitative estimate of drug-likeness (QED) is 0.501. The van der Waals surface area contributed by atoms with Crippen LogP contribution in [-0.2, 0) is 6.54 Å². The normalized spacial score (nSPS) is 9.75. The van der Waals surface area contributed by atoms with E-state index in [2.05, 4.69) is 18.5 Å². The van der Waals surface area contributed by atoms with Gasteiger partial charge in [-0.1, -0.05) is 19.1 Å². The Morgan fingerprint density at radius 3 is 3.08 bits per heavy atom. The maximum absolute atomic E-state index is 10.3. The molecule has 0 saturated heterocycles. The molecule has 0 radical (unpaired) electrons. The van der Waals surface area contributed by atoms with Gasteiger partial charge in [0.1, 0.15) is 5.69 Å². The summed E-state index contributed by atoms with van der Waals surface area (Å²) in [6, 6.07) is 0. The molecule has 0 aliphatic heterocycles. The molecule has 12 heavy (non-hydrogen) atoms. The van der Waals surface area contributed by atoms with Crippen molar-refractivity contribution in [1.29, 1.82) is 0 Å². The Hall–Kier alpha value is -1.38. The van der Waals surface area contributed by atoms with Crippen molar-refractivity contribution in [2.45, 2.75) is 19.9 Å². The van der Waals surface area contributed by atoms with Crippen LogP contribution in [0, 0.1) is 0 Å². The molecular weight excluding hydrogens is 152 g/mol. The predicted molar refractivity (Wildman–Crippen MR) is 47.0 cm³/mol. The lowest BCUT2D eigenvalue weighted by atomic mass is 10.2. The second-order valence-electron chi connectivity index (χ2n) is 2.69. The summed E-state index contributed by atoms with van der Waals surface area (Å²) in [6.07, 6.45) is 5.05. The van der Waals surface area contributed by atoms with Gasteiger partial charge in [0.05, 0.1) is 6.33 Å². The summed E-state index contributed by atoms with van der Waals surface area (Å²) in [4.78, 5) is 14.2. The minimum atomic E-state index is 0.471. The van der Waals surface area contributed by atoms with Crippen molar-refractivity contribution >= 4 is 6.29 Å². The van der Waals surface area contributed by atoms with Crippen LogP contribution in [0.5, 0.6) is 0 Å². The molecule has 0 aromatic carbocycles. The Bertz CT molecular complexity index is 288. The van der Waals surface area contributed by atoms with Crippen LogP contribution in [-0.4, -0.2) is 15.8 Å². The maximum atomic E-state index is 10.3. The van der Waals surface area contributed by atoms with Crippen molar-refractivity contribution in [3.05, 3.63) is 30.4 Å². The Morgan fingerprint density at radius 1 is 1.83 bits per heavy atom.